The first kappa shape index (κ1) is 27.3. The van der Waals surface area contributed by atoms with Crippen LogP contribution >= 0.6 is 0 Å². The van der Waals surface area contributed by atoms with Crippen LogP contribution in [-0.4, -0.2) is 59.4 Å². The molecule has 0 saturated carbocycles. The largest absolute Gasteiger partial charge is 0.480 e. The van der Waals surface area contributed by atoms with E-state index in [2.05, 4.69) is 16.0 Å². The molecule has 0 radical (unpaired) electrons. The van der Waals surface area contributed by atoms with E-state index >= 15 is 0 Å². The minimum absolute atomic E-state index is 0.0631. The van der Waals surface area contributed by atoms with Gasteiger partial charge in [0.05, 0.1) is 12.6 Å². The van der Waals surface area contributed by atoms with Crippen molar-refractivity contribution in [2.45, 2.75) is 71.5 Å². The van der Waals surface area contributed by atoms with Crippen molar-refractivity contribution in [3.05, 3.63) is 0 Å². The first-order valence-corrected chi connectivity index (χ1v) is 10.0. The van der Waals surface area contributed by atoms with Crippen LogP contribution in [0, 0.1) is 11.8 Å². The number of nitrogens with one attached hydrogen (secondary N) is 3. The number of carboxylic acids is 1. The lowest BCUT2D eigenvalue weighted by atomic mass is 9.97. The average Bonchev–Trinajstić information content (AvgIpc) is 2.66. The summed E-state index contributed by atoms with van der Waals surface area (Å²) < 4.78 is 0. The van der Waals surface area contributed by atoms with Crippen LogP contribution in [0.2, 0.25) is 0 Å². The Hall–Kier alpha value is -2.69. The van der Waals surface area contributed by atoms with Gasteiger partial charge in [-0.1, -0.05) is 34.1 Å². The fraction of sp³-hybridized carbons (Fsp3) is 0.737. The minimum atomic E-state index is -1.32. The summed E-state index contributed by atoms with van der Waals surface area (Å²) in [4.78, 5) is 58.8. The van der Waals surface area contributed by atoms with Crippen molar-refractivity contribution in [1.82, 2.24) is 16.0 Å². The van der Waals surface area contributed by atoms with Crippen LogP contribution in [0.15, 0.2) is 0 Å². The Balaban J connectivity index is 4.87. The lowest BCUT2D eigenvalue weighted by Gasteiger charge is -2.24. The van der Waals surface area contributed by atoms with Crippen molar-refractivity contribution in [2.75, 3.05) is 6.54 Å². The van der Waals surface area contributed by atoms with Gasteiger partial charge in [-0.25, -0.2) is 4.79 Å². The number of rotatable bonds is 14. The summed E-state index contributed by atoms with van der Waals surface area (Å²) in [6.07, 6.45) is 0.672. The highest BCUT2D eigenvalue weighted by Crippen LogP contribution is 2.09. The van der Waals surface area contributed by atoms with Gasteiger partial charge in [-0.2, -0.15) is 0 Å². The van der Waals surface area contributed by atoms with E-state index in [9.17, 15) is 24.0 Å². The lowest BCUT2D eigenvalue weighted by molar-refractivity contribution is -0.142. The highest BCUT2D eigenvalue weighted by Gasteiger charge is 2.27. The van der Waals surface area contributed by atoms with Gasteiger partial charge in [0.1, 0.15) is 12.1 Å². The number of carbonyl (C=O) groups excluding carboxylic acids is 4. The zero-order chi connectivity index (χ0) is 23.4. The molecule has 0 aliphatic heterocycles. The molecule has 0 saturated heterocycles. The Morgan fingerprint density at radius 1 is 0.967 bits per heavy atom. The predicted octanol–water partition coefficient (Wildman–Crippen LogP) is -1.16. The van der Waals surface area contributed by atoms with Crippen LogP contribution in [0.1, 0.15) is 53.4 Å². The van der Waals surface area contributed by atoms with Gasteiger partial charge in [0, 0.05) is 6.42 Å². The van der Waals surface area contributed by atoms with E-state index in [4.69, 9.17) is 16.6 Å². The maximum atomic E-state index is 12.5. The van der Waals surface area contributed by atoms with Gasteiger partial charge in [0.2, 0.25) is 23.6 Å². The molecule has 0 rings (SSSR count). The molecule has 0 spiro atoms. The van der Waals surface area contributed by atoms with Crippen molar-refractivity contribution >= 4 is 29.6 Å². The molecule has 4 unspecified atom stereocenters. The van der Waals surface area contributed by atoms with Crippen molar-refractivity contribution in [3.63, 3.8) is 0 Å². The van der Waals surface area contributed by atoms with E-state index in [1.54, 1.807) is 0 Å². The molecule has 0 aliphatic rings. The van der Waals surface area contributed by atoms with Crippen molar-refractivity contribution < 1.29 is 29.1 Å². The monoisotopic (exact) mass is 429 g/mol. The number of hydrogen-bond acceptors (Lipinski definition) is 6. The Morgan fingerprint density at radius 2 is 1.57 bits per heavy atom. The summed E-state index contributed by atoms with van der Waals surface area (Å²) >= 11 is 0. The number of carboxylic acid groups (broad SMARTS) is 1. The predicted molar refractivity (Wildman–Crippen MR) is 110 cm³/mol. The van der Waals surface area contributed by atoms with E-state index in [0.717, 1.165) is 0 Å². The van der Waals surface area contributed by atoms with Crippen LogP contribution in [0.3, 0.4) is 0 Å². The topological polar surface area (TPSA) is 194 Å². The van der Waals surface area contributed by atoms with Crippen LogP contribution in [0.4, 0.5) is 0 Å². The van der Waals surface area contributed by atoms with Gasteiger partial charge in [-0.15, -0.1) is 0 Å². The summed E-state index contributed by atoms with van der Waals surface area (Å²) in [5.74, 6) is -3.76. The molecule has 4 atom stereocenters. The first-order valence-electron chi connectivity index (χ1n) is 10.0. The van der Waals surface area contributed by atoms with E-state index in [-0.39, 0.29) is 24.7 Å². The second-order valence-electron chi connectivity index (χ2n) is 7.78. The van der Waals surface area contributed by atoms with E-state index < -0.39 is 54.3 Å². The molecule has 4 amide bonds. The number of amides is 4. The smallest absolute Gasteiger partial charge is 0.326 e. The minimum Gasteiger partial charge on any atom is -0.480 e. The molecule has 30 heavy (non-hydrogen) atoms. The third kappa shape index (κ3) is 10.7. The molecule has 8 N–H and O–H groups in total. The standard InChI is InChI=1S/C19H35N5O6/c1-5-11(4)16(21)18(28)24-13(8-10(2)3)17(27)22-9-15(26)23-12(19(29)30)6-7-14(20)25/h10-13,16H,5-9,21H2,1-4H3,(H2,20,25)(H,22,27)(H,23,26)(H,24,28)(H,29,30). The average molecular weight is 430 g/mol. The number of primary amides is 1. The number of aliphatic carboxylic acids is 1. The Morgan fingerprint density at radius 3 is 2.03 bits per heavy atom. The second-order valence-corrected chi connectivity index (χ2v) is 7.78. The number of nitrogens with two attached hydrogens (primary N) is 2. The van der Waals surface area contributed by atoms with Gasteiger partial charge >= 0.3 is 5.97 Å². The molecular weight excluding hydrogens is 394 g/mol. The van der Waals surface area contributed by atoms with Crippen LogP contribution in [-0.2, 0) is 24.0 Å². The number of carbonyl (C=O) groups is 5. The third-order valence-corrected chi connectivity index (χ3v) is 4.64. The summed E-state index contributed by atoms with van der Waals surface area (Å²) in [7, 11) is 0. The van der Waals surface area contributed by atoms with Crippen molar-refractivity contribution in [1.29, 1.82) is 0 Å². The van der Waals surface area contributed by atoms with Gasteiger partial charge < -0.3 is 32.5 Å². The third-order valence-electron chi connectivity index (χ3n) is 4.64. The van der Waals surface area contributed by atoms with Crippen LogP contribution < -0.4 is 27.4 Å². The first-order chi connectivity index (χ1) is 13.9. The second kappa shape index (κ2) is 13.5. The van der Waals surface area contributed by atoms with E-state index in [1.807, 2.05) is 27.7 Å². The molecule has 0 aromatic carbocycles. The summed E-state index contributed by atoms with van der Waals surface area (Å²) in [6, 6.07) is -2.95. The Labute approximate surface area is 176 Å². The van der Waals surface area contributed by atoms with Crippen molar-refractivity contribution in [3.8, 4) is 0 Å². The maximum absolute atomic E-state index is 12.5. The molecule has 0 fully saturated rings. The Bertz CT molecular complexity index is 625. The molecular formula is C19H35N5O6. The van der Waals surface area contributed by atoms with Crippen LogP contribution in [0.25, 0.3) is 0 Å². The zero-order valence-electron chi connectivity index (χ0n) is 18.1. The fourth-order valence-corrected chi connectivity index (χ4v) is 2.56. The zero-order valence-corrected chi connectivity index (χ0v) is 18.1. The summed E-state index contributed by atoms with van der Waals surface area (Å²) in [5, 5.41) is 16.3. The normalized spacial score (nSPS) is 14.9. The molecule has 0 aliphatic carbocycles. The molecule has 11 nitrogen and oxygen atoms in total. The maximum Gasteiger partial charge on any atom is 0.326 e. The number of hydrogen-bond donors (Lipinski definition) is 6. The summed E-state index contributed by atoms with van der Waals surface area (Å²) in [5.41, 5.74) is 10.9. The molecule has 0 aromatic heterocycles. The van der Waals surface area contributed by atoms with Crippen LogP contribution in [0.5, 0.6) is 0 Å². The quantitative estimate of drug-likeness (QED) is 0.200. The molecule has 0 heterocycles. The summed E-state index contributed by atoms with van der Waals surface area (Å²) in [6.45, 7) is 7.01. The SMILES string of the molecule is CCC(C)C(N)C(=O)NC(CC(C)C)C(=O)NCC(=O)NC(CCC(N)=O)C(=O)O. The van der Waals surface area contributed by atoms with Gasteiger partial charge in [0.15, 0.2) is 0 Å². The highest BCUT2D eigenvalue weighted by molar-refractivity contribution is 5.92. The molecule has 0 aromatic rings. The fourth-order valence-electron chi connectivity index (χ4n) is 2.56. The molecule has 0 bridgehead atoms. The van der Waals surface area contributed by atoms with Crippen molar-refractivity contribution in [2.24, 2.45) is 23.3 Å². The lowest BCUT2D eigenvalue weighted by Crippen LogP contribution is -2.54. The van der Waals surface area contributed by atoms with Gasteiger partial charge in [-0.3, -0.25) is 19.2 Å². The van der Waals surface area contributed by atoms with E-state index in [0.29, 0.717) is 12.8 Å². The Kier molecular flexibility index (Phi) is 12.3. The highest BCUT2D eigenvalue weighted by atomic mass is 16.4. The van der Waals surface area contributed by atoms with Gasteiger partial charge in [-0.05, 0) is 24.7 Å². The van der Waals surface area contributed by atoms with Gasteiger partial charge in [0.25, 0.3) is 0 Å². The molecule has 172 valence electrons. The molecule has 11 heteroatoms. The van der Waals surface area contributed by atoms with E-state index in [1.165, 1.54) is 0 Å².